The SMILES string of the molecule is Cn1cc(-c2ccc3c(NCCC#N)nc4cc[nH]c(=O)c4c3c2)cn1. The summed E-state index contributed by atoms with van der Waals surface area (Å²) < 4.78 is 1.74. The van der Waals surface area contributed by atoms with Gasteiger partial charge in [0.15, 0.2) is 0 Å². The second-order valence-corrected chi connectivity index (χ2v) is 6.03. The highest BCUT2D eigenvalue weighted by Gasteiger charge is 2.12. The molecule has 4 aromatic rings. The Hall–Kier alpha value is -3.66. The van der Waals surface area contributed by atoms with Gasteiger partial charge < -0.3 is 10.3 Å². The number of benzene rings is 1. The molecule has 0 unspecified atom stereocenters. The topological polar surface area (TPSA) is 99.4 Å². The third-order valence-corrected chi connectivity index (χ3v) is 4.28. The number of pyridine rings is 2. The maximum atomic E-state index is 12.4. The van der Waals surface area contributed by atoms with Gasteiger partial charge in [0.1, 0.15) is 5.82 Å². The second-order valence-electron chi connectivity index (χ2n) is 6.03. The van der Waals surface area contributed by atoms with Crippen LogP contribution in [-0.4, -0.2) is 26.3 Å². The summed E-state index contributed by atoms with van der Waals surface area (Å²) in [6.07, 6.45) is 5.69. The fourth-order valence-corrected chi connectivity index (χ4v) is 3.08. The maximum absolute atomic E-state index is 12.4. The highest BCUT2D eigenvalue weighted by atomic mass is 16.1. The van der Waals surface area contributed by atoms with Crippen LogP contribution in [0.15, 0.2) is 47.7 Å². The van der Waals surface area contributed by atoms with Crippen molar-refractivity contribution >= 4 is 27.5 Å². The number of hydrogen-bond acceptors (Lipinski definition) is 5. The van der Waals surface area contributed by atoms with Crippen LogP contribution in [0.3, 0.4) is 0 Å². The van der Waals surface area contributed by atoms with Crippen LogP contribution in [0.1, 0.15) is 6.42 Å². The third kappa shape index (κ3) is 2.67. The first kappa shape index (κ1) is 15.8. The van der Waals surface area contributed by atoms with Gasteiger partial charge >= 0.3 is 0 Å². The van der Waals surface area contributed by atoms with E-state index in [4.69, 9.17) is 5.26 Å². The lowest BCUT2D eigenvalue weighted by atomic mass is 10.0. The molecule has 1 aromatic carbocycles. The van der Waals surface area contributed by atoms with Crippen LogP contribution in [0.25, 0.3) is 32.8 Å². The molecule has 0 saturated heterocycles. The molecule has 0 aliphatic rings. The highest BCUT2D eigenvalue weighted by Crippen LogP contribution is 2.31. The number of hydrogen-bond donors (Lipinski definition) is 2. The lowest BCUT2D eigenvalue weighted by Gasteiger charge is -2.11. The molecule has 0 amide bonds. The molecule has 7 heteroatoms. The summed E-state index contributed by atoms with van der Waals surface area (Å²) in [5.41, 5.74) is 2.39. The molecule has 0 fully saturated rings. The lowest BCUT2D eigenvalue weighted by molar-refractivity contribution is 0.768. The standard InChI is InChI=1S/C19H16N6O/c1-25-11-13(10-23-25)12-3-4-14-15(9-12)17-16(5-8-22-19(17)26)24-18(14)21-7-2-6-20/h3-5,8-11H,2,7H2,1H3,(H,21,24)(H,22,26). The predicted octanol–water partition coefficient (Wildman–Crippen LogP) is 2.80. The van der Waals surface area contributed by atoms with Gasteiger partial charge in [0.2, 0.25) is 0 Å². The van der Waals surface area contributed by atoms with E-state index in [1.807, 2.05) is 31.4 Å². The molecular weight excluding hydrogens is 328 g/mol. The van der Waals surface area contributed by atoms with Crippen molar-refractivity contribution in [3.8, 4) is 17.2 Å². The van der Waals surface area contributed by atoms with Crippen molar-refractivity contribution in [3.05, 3.63) is 53.2 Å². The van der Waals surface area contributed by atoms with Gasteiger partial charge in [0, 0.05) is 42.3 Å². The smallest absolute Gasteiger partial charge is 0.258 e. The van der Waals surface area contributed by atoms with Crippen LogP contribution in [0.5, 0.6) is 0 Å². The van der Waals surface area contributed by atoms with E-state index in [9.17, 15) is 4.79 Å². The quantitative estimate of drug-likeness (QED) is 0.438. The highest BCUT2D eigenvalue weighted by molar-refractivity contribution is 6.10. The van der Waals surface area contributed by atoms with Crippen molar-refractivity contribution in [2.75, 3.05) is 11.9 Å². The van der Waals surface area contributed by atoms with Gasteiger partial charge in [-0.1, -0.05) is 12.1 Å². The fourth-order valence-electron chi connectivity index (χ4n) is 3.08. The molecular formula is C19H16N6O. The molecule has 0 aliphatic carbocycles. The van der Waals surface area contributed by atoms with Gasteiger partial charge in [-0.15, -0.1) is 0 Å². The van der Waals surface area contributed by atoms with Gasteiger partial charge in [-0.2, -0.15) is 10.4 Å². The maximum Gasteiger partial charge on any atom is 0.258 e. The third-order valence-electron chi connectivity index (χ3n) is 4.28. The molecule has 0 spiro atoms. The van der Waals surface area contributed by atoms with Gasteiger partial charge in [0.05, 0.1) is 29.6 Å². The van der Waals surface area contributed by atoms with E-state index in [1.54, 1.807) is 23.1 Å². The summed E-state index contributed by atoms with van der Waals surface area (Å²) in [7, 11) is 1.87. The predicted molar refractivity (Wildman–Crippen MR) is 101 cm³/mol. The van der Waals surface area contributed by atoms with Crippen molar-refractivity contribution < 1.29 is 0 Å². The number of fused-ring (bicyclic) bond motifs is 3. The van der Waals surface area contributed by atoms with Crippen LogP contribution in [-0.2, 0) is 7.05 Å². The molecule has 26 heavy (non-hydrogen) atoms. The summed E-state index contributed by atoms with van der Waals surface area (Å²) in [6.45, 7) is 0.498. The number of nitriles is 1. The largest absolute Gasteiger partial charge is 0.369 e. The molecule has 0 saturated carbocycles. The average Bonchev–Trinajstić information content (AvgIpc) is 3.08. The first-order valence-electron chi connectivity index (χ1n) is 8.22. The Bertz CT molecular complexity index is 1210. The average molecular weight is 344 g/mol. The van der Waals surface area contributed by atoms with Gasteiger partial charge in [-0.25, -0.2) is 4.98 Å². The summed E-state index contributed by atoms with van der Waals surface area (Å²) in [5, 5.41) is 18.4. The summed E-state index contributed by atoms with van der Waals surface area (Å²) in [6, 6.07) is 9.81. The molecule has 7 nitrogen and oxygen atoms in total. The second kappa shape index (κ2) is 6.33. The van der Waals surface area contributed by atoms with E-state index in [0.29, 0.717) is 29.7 Å². The molecule has 0 atom stereocenters. The molecule has 2 N–H and O–H groups in total. The number of rotatable bonds is 4. The zero-order valence-corrected chi connectivity index (χ0v) is 14.2. The molecule has 3 heterocycles. The van der Waals surface area contributed by atoms with Crippen molar-refractivity contribution in [1.82, 2.24) is 19.7 Å². The van der Waals surface area contributed by atoms with E-state index in [0.717, 1.165) is 21.9 Å². The number of aryl methyl sites for hydroxylation is 1. The Morgan fingerprint density at radius 1 is 1.27 bits per heavy atom. The van der Waals surface area contributed by atoms with Crippen molar-refractivity contribution in [3.63, 3.8) is 0 Å². The van der Waals surface area contributed by atoms with Crippen LogP contribution in [0.2, 0.25) is 0 Å². The zero-order valence-electron chi connectivity index (χ0n) is 14.2. The minimum absolute atomic E-state index is 0.174. The fraction of sp³-hybridized carbons (Fsp3) is 0.158. The van der Waals surface area contributed by atoms with E-state index in [-0.39, 0.29) is 5.56 Å². The monoisotopic (exact) mass is 344 g/mol. The molecule has 3 aromatic heterocycles. The van der Waals surface area contributed by atoms with Crippen LogP contribution in [0.4, 0.5) is 5.82 Å². The number of aromatic amines is 1. The summed E-state index contributed by atoms with van der Waals surface area (Å²) >= 11 is 0. The van der Waals surface area contributed by atoms with E-state index in [1.165, 1.54) is 0 Å². The van der Waals surface area contributed by atoms with Crippen molar-refractivity contribution in [2.45, 2.75) is 6.42 Å². The van der Waals surface area contributed by atoms with E-state index < -0.39 is 0 Å². The minimum atomic E-state index is -0.174. The van der Waals surface area contributed by atoms with E-state index >= 15 is 0 Å². The van der Waals surface area contributed by atoms with Crippen LogP contribution >= 0.6 is 0 Å². The van der Waals surface area contributed by atoms with Crippen molar-refractivity contribution in [2.24, 2.45) is 7.05 Å². The first-order chi connectivity index (χ1) is 12.7. The Balaban J connectivity index is 1.99. The number of nitrogens with one attached hydrogen (secondary N) is 2. The molecule has 0 bridgehead atoms. The minimum Gasteiger partial charge on any atom is -0.369 e. The van der Waals surface area contributed by atoms with Gasteiger partial charge in [0.25, 0.3) is 5.56 Å². The van der Waals surface area contributed by atoms with Crippen LogP contribution < -0.4 is 10.9 Å². The molecule has 4 rings (SSSR count). The zero-order chi connectivity index (χ0) is 18.1. The van der Waals surface area contributed by atoms with Crippen LogP contribution in [0, 0.1) is 11.3 Å². The van der Waals surface area contributed by atoms with E-state index in [2.05, 4.69) is 26.5 Å². The Labute approximate surface area is 148 Å². The Morgan fingerprint density at radius 3 is 2.92 bits per heavy atom. The van der Waals surface area contributed by atoms with Gasteiger partial charge in [-0.05, 0) is 17.7 Å². The first-order valence-corrected chi connectivity index (χ1v) is 8.22. The Kier molecular flexibility index (Phi) is 3.86. The number of H-pyrrole nitrogens is 1. The lowest BCUT2D eigenvalue weighted by Crippen LogP contribution is -2.09. The van der Waals surface area contributed by atoms with Gasteiger partial charge in [-0.3, -0.25) is 9.48 Å². The number of nitrogens with zero attached hydrogens (tertiary/aromatic N) is 4. The van der Waals surface area contributed by atoms with Crippen molar-refractivity contribution in [1.29, 1.82) is 5.26 Å². The number of aromatic nitrogens is 4. The Morgan fingerprint density at radius 2 is 2.15 bits per heavy atom. The molecule has 0 aliphatic heterocycles. The summed E-state index contributed by atoms with van der Waals surface area (Å²) in [5.74, 6) is 0.672. The number of anilines is 1. The molecule has 0 radical (unpaired) electrons. The summed E-state index contributed by atoms with van der Waals surface area (Å²) in [4.78, 5) is 19.8. The molecule has 128 valence electrons. The normalized spacial score (nSPS) is 10.9.